The molecule has 1 fully saturated rings. The largest absolute Gasteiger partial charge is 0.463 e. The molecule has 32 heavy (non-hydrogen) atoms. The summed E-state index contributed by atoms with van der Waals surface area (Å²) in [5.74, 6) is -2.56. The number of ether oxygens (including phenoxy) is 5. The fourth-order valence-electron chi connectivity index (χ4n) is 3.45. The van der Waals surface area contributed by atoms with Gasteiger partial charge in [0, 0.05) is 33.7 Å². The highest BCUT2D eigenvalue weighted by atomic mass is 16.7. The normalized spacial score (nSPS) is 25.8. The number of benzene rings is 1. The van der Waals surface area contributed by atoms with Gasteiger partial charge in [0.15, 0.2) is 24.5 Å². The van der Waals surface area contributed by atoms with Gasteiger partial charge in [-0.3, -0.25) is 24.5 Å². The van der Waals surface area contributed by atoms with E-state index in [-0.39, 0.29) is 12.6 Å². The van der Waals surface area contributed by atoms with Crippen LogP contribution in [0.5, 0.6) is 0 Å². The van der Waals surface area contributed by atoms with Crippen LogP contribution in [0.1, 0.15) is 46.2 Å². The summed E-state index contributed by atoms with van der Waals surface area (Å²) in [5, 5.41) is 3.21. The lowest BCUT2D eigenvalue weighted by Gasteiger charge is -2.45. The van der Waals surface area contributed by atoms with Crippen LogP contribution in [-0.4, -0.2) is 61.1 Å². The summed E-state index contributed by atoms with van der Waals surface area (Å²) >= 11 is 0. The summed E-state index contributed by atoms with van der Waals surface area (Å²) < 4.78 is 27.3. The summed E-state index contributed by atoms with van der Waals surface area (Å²) in [5.41, 5.74) is 0.931. The molecule has 0 aliphatic carbocycles. The van der Waals surface area contributed by atoms with Crippen molar-refractivity contribution in [2.24, 2.45) is 0 Å². The molecule has 6 atom stereocenters. The quantitative estimate of drug-likeness (QED) is 0.458. The van der Waals surface area contributed by atoms with Gasteiger partial charge in [-0.1, -0.05) is 30.3 Å². The van der Waals surface area contributed by atoms with Crippen LogP contribution >= 0.6 is 0 Å². The Bertz CT molecular complexity index is 813. The number of esters is 4. The van der Waals surface area contributed by atoms with Gasteiger partial charge in [-0.25, -0.2) is 0 Å². The number of carbonyl (C=O) groups excluding carboxylic acids is 4. The van der Waals surface area contributed by atoms with Crippen molar-refractivity contribution in [3.63, 3.8) is 0 Å². The average molecular weight is 451 g/mol. The second kappa shape index (κ2) is 11.6. The Labute approximate surface area is 186 Å². The van der Waals surface area contributed by atoms with Crippen LogP contribution in [0.2, 0.25) is 0 Å². The highest BCUT2D eigenvalue weighted by molar-refractivity contribution is 5.68. The van der Waals surface area contributed by atoms with Gasteiger partial charge < -0.3 is 23.7 Å². The van der Waals surface area contributed by atoms with Crippen LogP contribution < -0.4 is 5.32 Å². The van der Waals surface area contributed by atoms with Gasteiger partial charge in [-0.15, -0.1) is 0 Å². The number of nitrogens with one attached hydrogen (secondary N) is 1. The fourth-order valence-corrected chi connectivity index (χ4v) is 3.45. The van der Waals surface area contributed by atoms with E-state index in [1.54, 1.807) is 0 Å². The third-order valence-electron chi connectivity index (χ3n) is 4.70. The topological polar surface area (TPSA) is 126 Å². The Morgan fingerprint density at radius 2 is 1.38 bits per heavy atom. The molecule has 1 aromatic rings. The van der Waals surface area contributed by atoms with Gasteiger partial charge >= 0.3 is 23.9 Å². The van der Waals surface area contributed by atoms with Crippen molar-refractivity contribution < 1.29 is 42.9 Å². The Morgan fingerprint density at radius 1 is 0.844 bits per heavy atom. The second-order valence-corrected chi connectivity index (χ2v) is 7.42. The molecule has 1 saturated heterocycles. The lowest BCUT2D eigenvalue weighted by Crippen LogP contribution is -2.65. The summed E-state index contributed by atoms with van der Waals surface area (Å²) in [6, 6.07) is 9.19. The van der Waals surface area contributed by atoms with Crippen molar-refractivity contribution in [1.82, 2.24) is 5.32 Å². The van der Waals surface area contributed by atoms with E-state index in [4.69, 9.17) is 23.7 Å². The zero-order valence-electron chi connectivity index (χ0n) is 18.7. The molecule has 10 nitrogen and oxygen atoms in total. The van der Waals surface area contributed by atoms with Crippen LogP contribution in [0.3, 0.4) is 0 Å². The Hall–Kier alpha value is -2.98. The van der Waals surface area contributed by atoms with Crippen LogP contribution in [0.25, 0.3) is 0 Å². The molecule has 10 heteroatoms. The zero-order chi connectivity index (χ0) is 23.8. The van der Waals surface area contributed by atoms with Crippen molar-refractivity contribution in [2.45, 2.75) is 71.3 Å². The minimum atomic E-state index is -1.20. The molecule has 1 aliphatic rings. The lowest BCUT2D eigenvalue weighted by atomic mass is 9.96. The van der Waals surface area contributed by atoms with Crippen molar-refractivity contribution in [1.29, 1.82) is 0 Å². The van der Waals surface area contributed by atoms with E-state index < -0.39 is 54.5 Å². The molecule has 2 rings (SSSR count). The van der Waals surface area contributed by atoms with E-state index in [1.807, 2.05) is 37.3 Å². The third kappa shape index (κ3) is 7.31. The molecule has 1 aliphatic heterocycles. The molecule has 176 valence electrons. The first-order valence-electron chi connectivity index (χ1n) is 10.2. The van der Waals surface area contributed by atoms with Gasteiger partial charge in [0.05, 0.1) is 0 Å². The van der Waals surface area contributed by atoms with Gasteiger partial charge in [-0.05, 0) is 12.5 Å². The summed E-state index contributed by atoms with van der Waals surface area (Å²) in [6.45, 7) is 6.40. The average Bonchev–Trinajstić information content (AvgIpc) is 2.70. The standard InChI is InChI=1S/C22H29NO9/c1-12(17-9-7-6-8-10-17)23-22-21(31-16(5)27)20(30-15(4)26)19(29-14(3)25)18(32-22)11-28-13(2)24/h6-10,12,18-23H,11H2,1-5H3/t12-,18+,19+,20-,21+,22-/m0/s1. The maximum absolute atomic E-state index is 11.8. The van der Waals surface area contributed by atoms with E-state index in [0.717, 1.165) is 5.56 Å². The number of hydrogen-bond donors (Lipinski definition) is 1. The van der Waals surface area contributed by atoms with Gasteiger partial charge in [-0.2, -0.15) is 0 Å². The predicted molar refractivity (Wildman–Crippen MR) is 110 cm³/mol. The molecule has 0 aromatic heterocycles. The molecular weight excluding hydrogens is 422 g/mol. The summed E-state index contributed by atoms with van der Waals surface area (Å²) in [7, 11) is 0. The SMILES string of the molecule is CC(=O)OC[C@H]1O[C@H](N[C@@H](C)c2ccccc2)[C@H](OC(C)=O)[C@@H](OC(C)=O)[C@@H]1OC(C)=O. The van der Waals surface area contributed by atoms with Gasteiger partial charge in [0.1, 0.15) is 12.7 Å². The highest BCUT2D eigenvalue weighted by Crippen LogP contribution is 2.29. The number of hydrogen-bond acceptors (Lipinski definition) is 10. The van der Waals surface area contributed by atoms with Crippen molar-refractivity contribution >= 4 is 23.9 Å². The Balaban J connectivity index is 2.41. The highest BCUT2D eigenvalue weighted by Gasteiger charge is 2.52. The minimum Gasteiger partial charge on any atom is -0.463 e. The molecule has 1 aromatic carbocycles. The monoisotopic (exact) mass is 451 g/mol. The maximum atomic E-state index is 11.8. The lowest BCUT2D eigenvalue weighted by molar-refractivity contribution is -0.258. The number of carbonyl (C=O) groups is 4. The Morgan fingerprint density at radius 3 is 1.91 bits per heavy atom. The van der Waals surface area contributed by atoms with E-state index >= 15 is 0 Å². The maximum Gasteiger partial charge on any atom is 0.303 e. The smallest absolute Gasteiger partial charge is 0.303 e. The fraction of sp³-hybridized carbons (Fsp3) is 0.545. The molecule has 0 radical (unpaired) electrons. The minimum absolute atomic E-state index is 0.253. The molecule has 0 unspecified atom stereocenters. The van der Waals surface area contributed by atoms with Crippen molar-refractivity contribution in [3.8, 4) is 0 Å². The van der Waals surface area contributed by atoms with Crippen molar-refractivity contribution in [2.75, 3.05) is 6.61 Å². The second-order valence-electron chi connectivity index (χ2n) is 7.42. The van der Waals surface area contributed by atoms with Crippen molar-refractivity contribution in [3.05, 3.63) is 35.9 Å². The molecule has 0 amide bonds. The van der Waals surface area contributed by atoms with E-state index in [2.05, 4.69) is 5.32 Å². The molecule has 0 saturated carbocycles. The molecule has 0 bridgehead atoms. The Kier molecular flexibility index (Phi) is 9.15. The zero-order valence-corrected chi connectivity index (χ0v) is 18.7. The number of rotatable bonds is 8. The molecule has 1 heterocycles. The van der Waals surface area contributed by atoms with Gasteiger partial charge in [0.25, 0.3) is 0 Å². The first-order chi connectivity index (χ1) is 15.1. The van der Waals surface area contributed by atoms with Gasteiger partial charge in [0.2, 0.25) is 0 Å². The van der Waals surface area contributed by atoms with Crippen LogP contribution in [0.4, 0.5) is 0 Å². The van der Waals surface area contributed by atoms with Crippen LogP contribution in [-0.2, 0) is 42.9 Å². The third-order valence-corrected chi connectivity index (χ3v) is 4.70. The molecular formula is C22H29NO9. The van der Waals surface area contributed by atoms with E-state index in [1.165, 1.54) is 27.7 Å². The first-order valence-corrected chi connectivity index (χ1v) is 10.2. The molecule has 1 N–H and O–H groups in total. The summed E-state index contributed by atoms with van der Waals surface area (Å²) in [6.07, 6.45) is -5.47. The van der Waals surface area contributed by atoms with Crippen LogP contribution in [0, 0.1) is 0 Å². The summed E-state index contributed by atoms with van der Waals surface area (Å²) in [4.78, 5) is 46.8. The van der Waals surface area contributed by atoms with E-state index in [0.29, 0.717) is 0 Å². The molecule has 0 spiro atoms. The first kappa shape index (κ1) is 25.3. The predicted octanol–water partition coefficient (Wildman–Crippen LogP) is 1.42. The van der Waals surface area contributed by atoms with Crippen LogP contribution in [0.15, 0.2) is 30.3 Å². The van der Waals surface area contributed by atoms with E-state index in [9.17, 15) is 19.2 Å².